The molecule has 0 saturated heterocycles. The highest BCUT2D eigenvalue weighted by molar-refractivity contribution is 7.89. The summed E-state index contributed by atoms with van der Waals surface area (Å²) in [6.45, 7) is 1.44. The Morgan fingerprint density at radius 2 is 2.14 bits per heavy atom. The van der Waals surface area contributed by atoms with Crippen molar-refractivity contribution in [3.63, 3.8) is 0 Å². The molecule has 5 N–H and O–H groups in total. The first kappa shape index (κ1) is 15.2. The van der Waals surface area contributed by atoms with Gasteiger partial charge in [-0.3, -0.25) is 9.20 Å². The average Bonchev–Trinajstić information content (AvgIpc) is 2.85. The number of imidazole rings is 1. The van der Waals surface area contributed by atoms with Crippen LogP contribution in [0.5, 0.6) is 0 Å². The molecule has 0 spiro atoms. The molecule has 9 nitrogen and oxygen atoms in total. The van der Waals surface area contributed by atoms with Crippen LogP contribution >= 0.6 is 0 Å². The molecular formula is C11H16N6O3S. The van der Waals surface area contributed by atoms with Crippen LogP contribution in [-0.4, -0.2) is 36.8 Å². The van der Waals surface area contributed by atoms with Gasteiger partial charge in [-0.1, -0.05) is 6.07 Å². The number of hydrazine groups is 1. The van der Waals surface area contributed by atoms with Crippen LogP contribution in [0.25, 0.3) is 5.65 Å². The number of amides is 1. The Labute approximate surface area is 121 Å². The first-order valence-corrected chi connectivity index (χ1v) is 7.56. The van der Waals surface area contributed by atoms with Crippen LogP contribution in [0.3, 0.4) is 0 Å². The summed E-state index contributed by atoms with van der Waals surface area (Å²) < 4.78 is 28.6. The molecule has 1 atom stereocenters. The van der Waals surface area contributed by atoms with Crippen LogP contribution < -0.4 is 21.3 Å². The van der Waals surface area contributed by atoms with Gasteiger partial charge in [0, 0.05) is 13.2 Å². The molecule has 21 heavy (non-hydrogen) atoms. The number of fused-ring (bicyclic) bond motifs is 1. The molecule has 0 aliphatic rings. The lowest BCUT2D eigenvalue weighted by atomic mass is 10.3. The van der Waals surface area contributed by atoms with Crippen molar-refractivity contribution in [2.75, 3.05) is 12.5 Å². The second-order valence-corrected chi connectivity index (χ2v) is 5.93. The highest BCUT2D eigenvalue weighted by Crippen LogP contribution is 2.21. The molecule has 0 aromatic carbocycles. The van der Waals surface area contributed by atoms with Crippen molar-refractivity contribution < 1.29 is 13.2 Å². The van der Waals surface area contributed by atoms with Gasteiger partial charge in [-0.15, -0.1) is 0 Å². The Morgan fingerprint density at radius 3 is 2.76 bits per heavy atom. The quantitative estimate of drug-likeness (QED) is 0.415. The zero-order chi connectivity index (χ0) is 15.6. The number of nitrogens with zero attached hydrogens (tertiary/aromatic N) is 2. The number of hydrogen-bond donors (Lipinski definition) is 4. The van der Waals surface area contributed by atoms with E-state index in [1.807, 2.05) is 0 Å². The standard InChI is InChI=1S/C11H16N6O3S/c1-7(10(18)13-2)16-21(19,20)11-9(15-12)14-8-5-3-4-6-17(8)11/h3-7,15-16H,12H2,1-2H3,(H,13,18). The number of nitrogen functional groups attached to an aromatic ring is 1. The van der Waals surface area contributed by atoms with E-state index in [9.17, 15) is 13.2 Å². The fraction of sp³-hybridized carbons (Fsp3) is 0.273. The van der Waals surface area contributed by atoms with E-state index in [-0.39, 0.29) is 10.8 Å². The first-order chi connectivity index (χ1) is 9.90. The number of nitrogens with two attached hydrogens (primary N) is 1. The third-order valence-corrected chi connectivity index (χ3v) is 4.41. The third kappa shape index (κ3) is 2.82. The highest BCUT2D eigenvalue weighted by Gasteiger charge is 2.28. The number of anilines is 1. The molecule has 1 amide bonds. The lowest BCUT2D eigenvalue weighted by molar-refractivity contribution is -0.121. The number of aromatic nitrogens is 2. The molecule has 2 aromatic rings. The molecule has 0 fully saturated rings. The van der Waals surface area contributed by atoms with Crippen molar-refractivity contribution in [2.24, 2.45) is 5.84 Å². The predicted octanol–water partition coefficient (Wildman–Crippen LogP) is -0.967. The molecule has 1 unspecified atom stereocenters. The minimum absolute atomic E-state index is 0.00203. The summed E-state index contributed by atoms with van der Waals surface area (Å²) in [5, 5.41) is 2.21. The molecule has 114 valence electrons. The van der Waals surface area contributed by atoms with Crippen LogP contribution in [0, 0.1) is 0 Å². The van der Waals surface area contributed by atoms with Crippen LogP contribution in [-0.2, 0) is 14.8 Å². The molecule has 0 saturated carbocycles. The number of nitrogens with one attached hydrogen (secondary N) is 3. The van der Waals surface area contributed by atoms with Gasteiger partial charge in [-0.25, -0.2) is 19.2 Å². The van der Waals surface area contributed by atoms with E-state index in [1.54, 1.807) is 24.4 Å². The van der Waals surface area contributed by atoms with Crippen molar-refractivity contribution >= 4 is 27.4 Å². The van der Waals surface area contributed by atoms with E-state index in [0.717, 1.165) is 0 Å². The molecule has 2 aromatic heterocycles. The van der Waals surface area contributed by atoms with Crippen molar-refractivity contribution in [2.45, 2.75) is 18.0 Å². The van der Waals surface area contributed by atoms with Gasteiger partial charge in [-0.05, 0) is 19.1 Å². The Bertz CT molecular complexity index is 769. The number of carbonyl (C=O) groups is 1. The number of carbonyl (C=O) groups excluding carboxylic acids is 1. The minimum atomic E-state index is -3.99. The van der Waals surface area contributed by atoms with Gasteiger partial charge in [0.15, 0.2) is 10.8 Å². The summed E-state index contributed by atoms with van der Waals surface area (Å²) in [5.41, 5.74) is 2.67. The summed E-state index contributed by atoms with van der Waals surface area (Å²) in [6, 6.07) is 4.09. The second-order valence-electron chi connectivity index (χ2n) is 4.30. The SMILES string of the molecule is CNC(=O)C(C)NS(=O)(=O)c1c(NN)nc2ccccn12. The zero-order valence-corrected chi connectivity index (χ0v) is 12.3. The Balaban J connectivity index is 2.51. The minimum Gasteiger partial charge on any atom is -0.358 e. The maximum Gasteiger partial charge on any atom is 0.261 e. The number of sulfonamides is 1. The van der Waals surface area contributed by atoms with Crippen LogP contribution in [0.4, 0.5) is 5.82 Å². The van der Waals surface area contributed by atoms with Gasteiger partial charge in [0.05, 0.1) is 6.04 Å². The summed E-state index contributed by atoms with van der Waals surface area (Å²) in [7, 11) is -2.57. The van der Waals surface area contributed by atoms with Crippen molar-refractivity contribution in [1.29, 1.82) is 0 Å². The third-order valence-electron chi connectivity index (χ3n) is 2.85. The van der Waals surface area contributed by atoms with E-state index in [2.05, 4.69) is 20.4 Å². The lowest BCUT2D eigenvalue weighted by Crippen LogP contribution is -2.43. The van der Waals surface area contributed by atoms with Crippen LogP contribution in [0.1, 0.15) is 6.92 Å². The maximum atomic E-state index is 12.5. The van der Waals surface area contributed by atoms with Gasteiger partial charge in [0.1, 0.15) is 5.65 Å². The molecule has 2 heterocycles. The lowest BCUT2D eigenvalue weighted by Gasteiger charge is -2.13. The number of hydrogen-bond acceptors (Lipinski definition) is 6. The van der Waals surface area contributed by atoms with Gasteiger partial charge < -0.3 is 10.7 Å². The molecular weight excluding hydrogens is 296 g/mol. The molecule has 2 rings (SSSR count). The first-order valence-electron chi connectivity index (χ1n) is 6.08. The fourth-order valence-electron chi connectivity index (χ4n) is 1.88. The Morgan fingerprint density at radius 1 is 1.43 bits per heavy atom. The molecule has 0 bridgehead atoms. The number of pyridine rings is 1. The topological polar surface area (TPSA) is 131 Å². The van der Waals surface area contributed by atoms with E-state index in [0.29, 0.717) is 5.65 Å². The normalized spacial score (nSPS) is 13.1. The average molecular weight is 312 g/mol. The zero-order valence-electron chi connectivity index (χ0n) is 11.5. The summed E-state index contributed by atoms with van der Waals surface area (Å²) in [6.07, 6.45) is 1.54. The molecule has 10 heteroatoms. The van der Waals surface area contributed by atoms with Gasteiger partial charge in [-0.2, -0.15) is 4.72 Å². The largest absolute Gasteiger partial charge is 0.358 e. The Hall–Kier alpha value is -2.17. The summed E-state index contributed by atoms with van der Waals surface area (Å²) in [5.74, 6) is 4.88. The summed E-state index contributed by atoms with van der Waals surface area (Å²) in [4.78, 5) is 15.6. The molecule has 0 aliphatic heterocycles. The van der Waals surface area contributed by atoms with Crippen LogP contribution in [0.15, 0.2) is 29.4 Å². The smallest absolute Gasteiger partial charge is 0.261 e. The molecule has 0 radical (unpaired) electrons. The van der Waals surface area contributed by atoms with Crippen LogP contribution in [0.2, 0.25) is 0 Å². The monoisotopic (exact) mass is 312 g/mol. The molecule has 0 aliphatic carbocycles. The van der Waals surface area contributed by atoms with Gasteiger partial charge >= 0.3 is 0 Å². The fourth-order valence-corrected chi connectivity index (χ4v) is 3.34. The van der Waals surface area contributed by atoms with E-state index in [1.165, 1.54) is 18.4 Å². The number of rotatable bonds is 5. The second kappa shape index (κ2) is 5.68. The van der Waals surface area contributed by atoms with Crippen molar-refractivity contribution in [3.05, 3.63) is 24.4 Å². The van der Waals surface area contributed by atoms with Crippen molar-refractivity contribution in [1.82, 2.24) is 19.4 Å². The van der Waals surface area contributed by atoms with Gasteiger partial charge in [0.2, 0.25) is 5.91 Å². The Kier molecular flexibility index (Phi) is 4.11. The number of likely N-dealkylation sites (N-methyl/N-ethyl adjacent to an activating group) is 1. The summed E-state index contributed by atoms with van der Waals surface area (Å²) >= 11 is 0. The van der Waals surface area contributed by atoms with E-state index < -0.39 is 22.0 Å². The van der Waals surface area contributed by atoms with E-state index in [4.69, 9.17) is 5.84 Å². The highest BCUT2D eigenvalue weighted by atomic mass is 32.2. The van der Waals surface area contributed by atoms with Gasteiger partial charge in [0.25, 0.3) is 10.0 Å². The van der Waals surface area contributed by atoms with E-state index >= 15 is 0 Å². The maximum absolute atomic E-state index is 12.5. The van der Waals surface area contributed by atoms with Crippen molar-refractivity contribution in [3.8, 4) is 0 Å². The predicted molar refractivity (Wildman–Crippen MR) is 76.9 cm³/mol.